The Balaban J connectivity index is 2.64. The summed E-state index contributed by atoms with van der Waals surface area (Å²) in [5.41, 5.74) is 1.25. The lowest BCUT2D eigenvalue weighted by Crippen LogP contribution is -2.39. The van der Waals surface area contributed by atoms with Crippen molar-refractivity contribution in [3.63, 3.8) is 0 Å². The smallest absolute Gasteiger partial charge is 0.191 e. The highest BCUT2D eigenvalue weighted by Crippen LogP contribution is 2.23. The van der Waals surface area contributed by atoms with Gasteiger partial charge in [0.05, 0.1) is 6.61 Å². The van der Waals surface area contributed by atoms with Crippen LogP contribution in [0.1, 0.15) is 26.3 Å². The van der Waals surface area contributed by atoms with Gasteiger partial charge in [0, 0.05) is 24.7 Å². The lowest BCUT2D eigenvalue weighted by molar-refractivity contribution is 0.299. The molecule has 0 spiro atoms. The first-order valence-electron chi connectivity index (χ1n) is 7.34. The van der Waals surface area contributed by atoms with Gasteiger partial charge >= 0.3 is 0 Å². The standard InChI is InChI=1S/C16H26ClN3O/c1-4-18-15(19-8-9-21)20-12-16(2,3)11-13-6-5-7-14(17)10-13/h5-7,10,21H,4,8-9,11-12H2,1-3H3,(H2,18,19,20). The Morgan fingerprint density at radius 1 is 1.33 bits per heavy atom. The molecule has 0 atom stereocenters. The summed E-state index contributed by atoms with van der Waals surface area (Å²) in [6.07, 6.45) is 0.913. The summed E-state index contributed by atoms with van der Waals surface area (Å²) in [5.74, 6) is 0.741. The Hall–Kier alpha value is -1.26. The van der Waals surface area contributed by atoms with Crippen LogP contribution in [-0.4, -0.2) is 37.3 Å². The molecule has 0 fully saturated rings. The molecule has 118 valence electrons. The molecule has 0 aliphatic heterocycles. The largest absolute Gasteiger partial charge is 0.395 e. The minimum atomic E-state index is 0.0340. The molecule has 0 amide bonds. The van der Waals surface area contributed by atoms with E-state index in [1.165, 1.54) is 5.56 Å². The van der Waals surface area contributed by atoms with E-state index in [0.717, 1.165) is 23.9 Å². The van der Waals surface area contributed by atoms with E-state index in [1.54, 1.807) is 0 Å². The summed E-state index contributed by atoms with van der Waals surface area (Å²) in [7, 11) is 0. The van der Waals surface area contributed by atoms with Crippen LogP contribution in [0.5, 0.6) is 0 Å². The molecule has 4 nitrogen and oxygen atoms in total. The van der Waals surface area contributed by atoms with E-state index in [4.69, 9.17) is 16.7 Å². The number of aliphatic hydroxyl groups is 1. The zero-order valence-electron chi connectivity index (χ0n) is 13.1. The van der Waals surface area contributed by atoms with E-state index in [1.807, 2.05) is 25.1 Å². The summed E-state index contributed by atoms with van der Waals surface area (Å²) in [6, 6.07) is 7.96. The van der Waals surface area contributed by atoms with Crippen LogP contribution in [0.3, 0.4) is 0 Å². The highest BCUT2D eigenvalue weighted by molar-refractivity contribution is 6.30. The first kappa shape index (κ1) is 17.8. The number of guanidine groups is 1. The van der Waals surface area contributed by atoms with Crippen molar-refractivity contribution in [3.05, 3.63) is 34.9 Å². The molecule has 0 unspecified atom stereocenters. The summed E-state index contributed by atoms with van der Waals surface area (Å²) in [6.45, 7) is 8.48. The fourth-order valence-corrected chi connectivity index (χ4v) is 2.28. The van der Waals surface area contributed by atoms with E-state index in [0.29, 0.717) is 13.1 Å². The van der Waals surface area contributed by atoms with Gasteiger partial charge in [0.2, 0.25) is 0 Å². The Kier molecular flexibility index (Phi) is 7.54. The van der Waals surface area contributed by atoms with Crippen LogP contribution in [-0.2, 0) is 6.42 Å². The number of halogens is 1. The molecule has 3 N–H and O–H groups in total. The van der Waals surface area contributed by atoms with Crippen molar-refractivity contribution in [2.45, 2.75) is 27.2 Å². The van der Waals surface area contributed by atoms with Gasteiger partial charge < -0.3 is 15.7 Å². The molecule has 0 aromatic heterocycles. The third-order valence-electron chi connectivity index (χ3n) is 2.99. The third kappa shape index (κ3) is 7.34. The summed E-state index contributed by atoms with van der Waals surface area (Å²) in [5, 5.41) is 15.9. The number of nitrogens with zero attached hydrogens (tertiary/aromatic N) is 1. The number of aliphatic imine (C=N–C) groups is 1. The van der Waals surface area contributed by atoms with Gasteiger partial charge in [-0.15, -0.1) is 0 Å². The monoisotopic (exact) mass is 311 g/mol. The van der Waals surface area contributed by atoms with E-state index >= 15 is 0 Å². The molecule has 0 bridgehead atoms. The molecule has 21 heavy (non-hydrogen) atoms. The second-order valence-electron chi connectivity index (χ2n) is 5.82. The molecule has 1 rings (SSSR count). The maximum atomic E-state index is 8.87. The molecule has 5 heteroatoms. The van der Waals surface area contributed by atoms with Crippen LogP contribution < -0.4 is 10.6 Å². The van der Waals surface area contributed by atoms with Crippen LogP contribution >= 0.6 is 11.6 Å². The van der Waals surface area contributed by atoms with Crippen molar-refractivity contribution in [3.8, 4) is 0 Å². The lowest BCUT2D eigenvalue weighted by Gasteiger charge is -2.23. The molecule has 0 saturated carbocycles. The predicted molar refractivity (Wildman–Crippen MR) is 90.0 cm³/mol. The van der Waals surface area contributed by atoms with Gasteiger partial charge in [-0.05, 0) is 36.5 Å². The van der Waals surface area contributed by atoms with E-state index in [2.05, 4.69) is 35.5 Å². The molecular weight excluding hydrogens is 286 g/mol. The molecule has 1 aromatic rings. The molecule has 0 heterocycles. The van der Waals surface area contributed by atoms with Crippen molar-refractivity contribution in [1.82, 2.24) is 10.6 Å². The fourth-order valence-electron chi connectivity index (χ4n) is 2.06. The van der Waals surface area contributed by atoms with Crippen LogP contribution in [0.2, 0.25) is 5.02 Å². The van der Waals surface area contributed by atoms with Gasteiger partial charge in [-0.25, -0.2) is 0 Å². The van der Waals surface area contributed by atoms with Crippen molar-refractivity contribution >= 4 is 17.6 Å². The lowest BCUT2D eigenvalue weighted by atomic mass is 9.86. The normalized spacial score (nSPS) is 12.3. The van der Waals surface area contributed by atoms with Gasteiger partial charge in [-0.1, -0.05) is 37.6 Å². The summed E-state index contributed by atoms with van der Waals surface area (Å²) >= 11 is 6.03. The molecule has 1 aromatic carbocycles. The molecule has 0 aliphatic carbocycles. The Morgan fingerprint density at radius 3 is 2.71 bits per heavy atom. The zero-order chi connectivity index (χ0) is 15.7. The summed E-state index contributed by atoms with van der Waals surface area (Å²) < 4.78 is 0. The molecule has 0 saturated heterocycles. The van der Waals surface area contributed by atoms with Crippen LogP contribution in [0, 0.1) is 5.41 Å². The van der Waals surface area contributed by atoms with E-state index < -0.39 is 0 Å². The number of benzene rings is 1. The van der Waals surface area contributed by atoms with Gasteiger partial charge in [-0.2, -0.15) is 0 Å². The van der Waals surface area contributed by atoms with Gasteiger partial charge in [-0.3, -0.25) is 4.99 Å². The van der Waals surface area contributed by atoms with Crippen LogP contribution in [0.25, 0.3) is 0 Å². The first-order chi connectivity index (χ1) is 9.96. The van der Waals surface area contributed by atoms with Crippen molar-refractivity contribution in [2.24, 2.45) is 10.4 Å². The number of hydrogen-bond donors (Lipinski definition) is 3. The summed E-state index contributed by atoms with van der Waals surface area (Å²) in [4.78, 5) is 4.59. The fraction of sp³-hybridized carbons (Fsp3) is 0.562. The van der Waals surface area contributed by atoms with Crippen molar-refractivity contribution in [2.75, 3.05) is 26.2 Å². The van der Waals surface area contributed by atoms with E-state index in [-0.39, 0.29) is 12.0 Å². The maximum absolute atomic E-state index is 8.87. The topological polar surface area (TPSA) is 56.7 Å². The van der Waals surface area contributed by atoms with Crippen LogP contribution in [0.15, 0.2) is 29.3 Å². The predicted octanol–water partition coefficient (Wildman–Crippen LogP) is 2.46. The highest BCUT2D eigenvalue weighted by atomic mass is 35.5. The number of rotatable bonds is 7. The van der Waals surface area contributed by atoms with Gasteiger partial charge in [0.1, 0.15) is 0 Å². The van der Waals surface area contributed by atoms with Crippen molar-refractivity contribution in [1.29, 1.82) is 0 Å². The average molecular weight is 312 g/mol. The number of aliphatic hydroxyl groups excluding tert-OH is 1. The average Bonchev–Trinajstić information content (AvgIpc) is 2.41. The second kappa shape index (κ2) is 8.90. The Morgan fingerprint density at radius 2 is 2.10 bits per heavy atom. The second-order valence-corrected chi connectivity index (χ2v) is 6.25. The molecular formula is C16H26ClN3O. The quantitative estimate of drug-likeness (QED) is 0.535. The highest BCUT2D eigenvalue weighted by Gasteiger charge is 2.18. The zero-order valence-corrected chi connectivity index (χ0v) is 13.9. The molecule has 0 radical (unpaired) electrons. The Bertz CT molecular complexity index is 461. The number of nitrogens with one attached hydrogen (secondary N) is 2. The van der Waals surface area contributed by atoms with Crippen molar-refractivity contribution < 1.29 is 5.11 Å². The first-order valence-corrected chi connectivity index (χ1v) is 7.72. The van der Waals surface area contributed by atoms with E-state index in [9.17, 15) is 0 Å². The van der Waals surface area contributed by atoms with Gasteiger partial charge in [0.15, 0.2) is 5.96 Å². The Labute approximate surface area is 132 Å². The van der Waals surface area contributed by atoms with Gasteiger partial charge in [0.25, 0.3) is 0 Å². The molecule has 0 aliphatic rings. The minimum Gasteiger partial charge on any atom is -0.395 e. The number of hydrogen-bond acceptors (Lipinski definition) is 2. The van der Waals surface area contributed by atoms with Crippen LogP contribution in [0.4, 0.5) is 0 Å². The minimum absolute atomic E-state index is 0.0340. The third-order valence-corrected chi connectivity index (χ3v) is 3.22. The SMILES string of the molecule is CCNC(=NCC(C)(C)Cc1cccc(Cl)c1)NCCO. The maximum Gasteiger partial charge on any atom is 0.191 e.